The van der Waals surface area contributed by atoms with Crippen molar-refractivity contribution in [1.29, 1.82) is 0 Å². The van der Waals surface area contributed by atoms with Crippen LogP contribution in [0.15, 0.2) is 27.1 Å². The summed E-state index contributed by atoms with van der Waals surface area (Å²) in [5.74, 6) is 0.0191. The summed E-state index contributed by atoms with van der Waals surface area (Å²) in [5, 5.41) is 6.76. The summed E-state index contributed by atoms with van der Waals surface area (Å²) in [6.07, 6.45) is 4.60. The van der Waals surface area contributed by atoms with Crippen LogP contribution in [-0.2, 0) is 0 Å². The van der Waals surface area contributed by atoms with E-state index in [-0.39, 0.29) is 5.91 Å². The number of nitrogens with one attached hydrogen (secondary N) is 2. The van der Waals surface area contributed by atoms with Gasteiger partial charge in [0.05, 0.1) is 5.56 Å². The second kappa shape index (κ2) is 5.54. The number of amides is 1. The average molecular weight is 388 g/mol. The van der Waals surface area contributed by atoms with Gasteiger partial charge in [-0.3, -0.25) is 4.79 Å². The molecule has 0 spiro atoms. The minimum atomic E-state index is 0.0191. The number of hydrogen-bond donors (Lipinski definition) is 2. The van der Waals surface area contributed by atoms with Crippen LogP contribution >= 0.6 is 31.9 Å². The van der Waals surface area contributed by atoms with E-state index in [0.29, 0.717) is 23.7 Å². The Morgan fingerprint density at radius 3 is 2.53 bits per heavy atom. The summed E-state index contributed by atoms with van der Waals surface area (Å²) in [7, 11) is 0. The van der Waals surface area contributed by atoms with Crippen LogP contribution in [0.1, 0.15) is 36.0 Å². The lowest BCUT2D eigenvalue weighted by Crippen LogP contribution is -2.48. The smallest absolute Gasteiger partial charge is 0.252 e. The van der Waals surface area contributed by atoms with Crippen LogP contribution in [0.4, 0.5) is 0 Å². The molecule has 2 aliphatic rings. The molecule has 2 aliphatic heterocycles. The molecule has 2 heterocycles. The average Bonchev–Trinajstić information content (AvgIpc) is 2.68. The van der Waals surface area contributed by atoms with E-state index in [1.165, 1.54) is 12.8 Å². The number of fused-ring (bicyclic) bond motifs is 2. The van der Waals surface area contributed by atoms with Crippen molar-refractivity contribution in [2.45, 2.75) is 43.8 Å². The molecule has 0 saturated carbocycles. The van der Waals surface area contributed by atoms with E-state index in [9.17, 15) is 4.79 Å². The van der Waals surface area contributed by atoms with Crippen molar-refractivity contribution in [1.82, 2.24) is 10.6 Å². The van der Waals surface area contributed by atoms with Crippen LogP contribution in [0.3, 0.4) is 0 Å². The van der Waals surface area contributed by atoms with Crippen LogP contribution in [-0.4, -0.2) is 24.0 Å². The molecule has 1 amide bonds. The van der Waals surface area contributed by atoms with Crippen molar-refractivity contribution in [2.24, 2.45) is 0 Å². The van der Waals surface area contributed by atoms with Gasteiger partial charge in [0.2, 0.25) is 0 Å². The van der Waals surface area contributed by atoms with E-state index < -0.39 is 0 Å². The Kier molecular flexibility index (Phi) is 3.96. The van der Waals surface area contributed by atoms with E-state index in [1.807, 2.05) is 18.2 Å². The quantitative estimate of drug-likeness (QED) is 0.817. The first-order chi connectivity index (χ1) is 9.11. The third-order valence-corrected chi connectivity index (χ3v) is 5.13. The van der Waals surface area contributed by atoms with E-state index >= 15 is 0 Å². The minimum Gasteiger partial charge on any atom is -0.349 e. The van der Waals surface area contributed by atoms with Gasteiger partial charge in [-0.05, 0) is 59.8 Å². The lowest BCUT2D eigenvalue weighted by molar-refractivity contribution is 0.0923. The third kappa shape index (κ3) is 3.03. The van der Waals surface area contributed by atoms with Crippen molar-refractivity contribution < 1.29 is 4.79 Å². The van der Waals surface area contributed by atoms with E-state index in [0.717, 1.165) is 21.8 Å². The fourth-order valence-corrected chi connectivity index (χ4v) is 4.34. The first-order valence-electron chi connectivity index (χ1n) is 6.64. The van der Waals surface area contributed by atoms with Crippen molar-refractivity contribution in [3.63, 3.8) is 0 Å². The van der Waals surface area contributed by atoms with Crippen LogP contribution in [0, 0.1) is 0 Å². The van der Waals surface area contributed by atoms with Crippen LogP contribution < -0.4 is 10.6 Å². The SMILES string of the molecule is O=C(NC1CC2CCC(C1)N2)c1ccc(Br)cc1Br. The zero-order chi connectivity index (χ0) is 13.4. The predicted octanol–water partition coefficient (Wildman–Crippen LogP) is 3.22. The van der Waals surface area contributed by atoms with Gasteiger partial charge in [0.1, 0.15) is 0 Å². The number of benzene rings is 1. The number of hydrogen-bond acceptors (Lipinski definition) is 2. The van der Waals surface area contributed by atoms with Crippen molar-refractivity contribution >= 4 is 37.8 Å². The molecule has 3 rings (SSSR count). The first kappa shape index (κ1) is 13.6. The maximum Gasteiger partial charge on any atom is 0.252 e. The fraction of sp³-hybridized carbons (Fsp3) is 0.500. The van der Waals surface area contributed by atoms with E-state index in [4.69, 9.17) is 0 Å². The zero-order valence-corrected chi connectivity index (χ0v) is 13.6. The monoisotopic (exact) mass is 386 g/mol. The molecule has 2 bridgehead atoms. The normalized spacial score (nSPS) is 29.3. The number of carbonyl (C=O) groups is 1. The summed E-state index contributed by atoms with van der Waals surface area (Å²) in [6.45, 7) is 0. The highest BCUT2D eigenvalue weighted by atomic mass is 79.9. The number of carbonyl (C=O) groups excluding carboxylic acids is 1. The Hall–Kier alpha value is -0.390. The molecule has 1 aromatic carbocycles. The van der Waals surface area contributed by atoms with Gasteiger partial charge in [-0.1, -0.05) is 15.9 Å². The molecule has 19 heavy (non-hydrogen) atoms. The Bertz CT molecular complexity index is 494. The Labute approximate surface area is 129 Å². The van der Waals surface area contributed by atoms with Gasteiger partial charge in [0.25, 0.3) is 5.91 Å². The highest BCUT2D eigenvalue weighted by molar-refractivity contribution is 9.11. The molecule has 2 atom stereocenters. The topological polar surface area (TPSA) is 41.1 Å². The fourth-order valence-electron chi connectivity index (χ4n) is 3.11. The predicted molar refractivity (Wildman–Crippen MR) is 82.3 cm³/mol. The van der Waals surface area contributed by atoms with Gasteiger partial charge >= 0.3 is 0 Å². The Morgan fingerprint density at radius 2 is 1.89 bits per heavy atom. The molecule has 0 radical (unpaired) electrons. The lowest BCUT2D eigenvalue weighted by Gasteiger charge is -2.29. The molecular formula is C14H16Br2N2O. The maximum atomic E-state index is 12.3. The Balaban J connectivity index is 1.68. The van der Waals surface area contributed by atoms with E-state index in [1.54, 1.807) is 0 Å². The third-order valence-electron chi connectivity index (χ3n) is 3.98. The summed E-state index contributed by atoms with van der Waals surface area (Å²) >= 11 is 6.84. The summed E-state index contributed by atoms with van der Waals surface area (Å²) in [4.78, 5) is 12.3. The molecule has 102 valence electrons. The zero-order valence-electron chi connectivity index (χ0n) is 10.5. The molecule has 5 heteroatoms. The molecule has 2 N–H and O–H groups in total. The standard InChI is InChI=1S/C14H16Br2N2O/c15-8-1-4-12(13(16)5-8)14(19)18-11-6-9-2-3-10(7-11)17-9/h1,4-5,9-11,17H,2-3,6-7H2,(H,18,19). The van der Waals surface area contributed by atoms with Crippen LogP contribution in [0.2, 0.25) is 0 Å². The van der Waals surface area contributed by atoms with Gasteiger partial charge in [-0.15, -0.1) is 0 Å². The molecular weight excluding hydrogens is 372 g/mol. The van der Waals surface area contributed by atoms with Gasteiger partial charge in [-0.2, -0.15) is 0 Å². The van der Waals surface area contributed by atoms with Gasteiger partial charge in [0.15, 0.2) is 0 Å². The molecule has 0 aliphatic carbocycles. The van der Waals surface area contributed by atoms with Crippen molar-refractivity contribution in [3.05, 3.63) is 32.7 Å². The molecule has 2 fully saturated rings. The Morgan fingerprint density at radius 1 is 1.21 bits per heavy atom. The molecule has 0 aromatic heterocycles. The number of piperidine rings is 1. The van der Waals surface area contributed by atoms with Crippen LogP contribution in [0.5, 0.6) is 0 Å². The van der Waals surface area contributed by atoms with Gasteiger partial charge < -0.3 is 10.6 Å². The lowest BCUT2D eigenvalue weighted by atomic mass is 9.99. The molecule has 3 nitrogen and oxygen atoms in total. The number of rotatable bonds is 2. The highest BCUT2D eigenvalue weighted by Crippen LogP contribution is 2.27. The van der Waals surface area contributed by atoms with E-state index in [2.05, 4.69) is 42.5 Å². The molecule has 1 aromatic rings. The minimum absolute atomic E-state index is 0.0191. The second-order valence-corrected chi connectivity index (χ2v) is 7.17. The first-order valence-corrected chi connectivity index (χ1v) is 8.22. The van der Waals surface area contributed by atoms with Crippen LogP contribution in [0.25, 0.3) is 0 Å². The van der Waals surface area contributed by atoms with Crippen molar-refractivity contribution in [2.75, 3.05) is 0 Å². The second-order valence-electron chi connectivity index (χ2n) is 5.40. The molecule has 2 unspecified atom stereocenters. The van der Waals surface area contributed by atoms with Gasteiger partial charge in [0, 0.05) is 27.1 Å². The summed E-state index contributed by atoms with van der Waals surface area (Å²) in [6, 6.07) is 7.14. The van der Waals surface area contributed by atoms with Gasteiger partial charge in [-0.25, -0.2) is 0 Å². The largest absolute Gasteiger partial charge is 0.349 e. The van der Waals surface area contributed by atoms with Crippen molar-refractivity contribution in [3.8, 4) is 0 Å². The summed E-state index contributed by atoms with van der Waals surface area (Å²) < 4.78 is 1.80. The summed E-state index contributed by atoms with van der Waals surface area (Å²) in [5.41, 5.74) is 0.703. The maximum absolute atomic E-state index is 12.3. The molecule has 2 saturated heterocycles. The highest BCUT2D eigenvalue weighted by Gasteiger charge is 2.34. The number of halogens is 2.